The first-order valence-electron chi connectivity index (χ1n) is 19.1. The van der Waals surface area contributed by atoms with Crippen LogP contribution in [0.25, 0.3) is 0 Å². The summed E-state index contributed by atoms with van der Waals surface area (Å²) in [6.07, 6.45) is 8.57. The Kier molecular flexibility index (Phi) is 15.0. The number of rotatable bonds is 22. The van der Waals surface area contributed by atoms with E-state index in [1.165, 1.54) is 0 Å². The van der Waals surface area contributed by atoms with Gasteiger partial charge >= 0.3 is 0 Å². The first-order valence-corrected chi connectivity index (χ1v) is 19.1. The molecular formula is C42H51N3O10. The fourth-order valence-electron chi connectivity index (χ4n) is 6.82. The number of hydrogen-bond donors (Lipinski definition) is 3. The van der Waals surface area contributed by atoms with E-state index in [2.05, 4.69) is 10.6 Å². The minimum Gasteiger partial charge on any atom is -0.493 e. The van der Waals surface area contributed by atoms with Crippen LogP contribution in [-0.4, -0.2) is 79.6 Å². The van der Waals surface area contributed by atoms with Crippen LogP contribution in [-0.2, 0) is 20.8 Å². The number of methoxy groups -OCH3 is 2. The number of aliphatic hydroxyl groups is 1. The molecule has 5 amide bonds. The van der Waals surface area contributed by atoms with Crippen LogP contribution >= 0.6 is 0 Å². The number of ether oxygens (including phenoxy) is 4. The van der Waals surface area contributed by atoms with Crippen molar-refractivity contribution < 1.29 is 48.0 Å². The van der Waals surface area contributed by atoms with E-state index in [0.717, 1.165) is 67.4 Å². The molecule has 2 aliphatic rings. The maximum Gasteiger partial charge on any atom is 0.266 e. The molecule has 3 N–H and O–H groups in total. The van der Waals surface area contributed by atoms with Gasteiger partial charge in [-0.1, -0.05) is 62.8 Å². The van der Waals surface area contributed by atoms with Gasteiger partial charge in [-0.25, -0.2) is 0 Å². The number of fused-ring (bicyclic) bond motifs is 1. The third-order valence-corrected chi connectivity index (χ3v) is 9.85. The van der Waals surface area contributed by atoms with Gasteiger partial charge in [-0.15, -0.1) is 0 Å². The lowest BCUT2D eigenvalue weighted by atomic mass is 10.0. The summed E-state index contributed by atoms with van der Waals surface area (Å²) in [4.78, 5) is 63.4. The Labute approximate surface area is 321 Å². The summed E-state index contributed by atoms with van der Waals surface area (Å²) < 4.78 is 22.3. The molecule has 0 saturated carbocycles. The Morgan fingerprint density at radius 2 is 1.56 bits per heavy atom. The van der Waals surface area contributed by atoms with E-state index in [-0.39, 0.29) is 36.5 Å². The molecule has 1 fully saturated rings. The predicted octanol–water partition coefficient (Wildman–Crippen LogP) is 5.47. The lowest BCUT2D eigenvalue weighted by Crippen LogP contribution is -2.54. The Hall–Kier alpha value is -5.43. The summed E-state index contributed by atoms with van der Waals surface area (Å²) in [5.74, 6) is -0.207. The average Bonchev–Trinajstić information content (AvgIpc) is 3.45. The smallest absolute Gasteiger partial charge is 0.266 e. The average molecular weight is 758 g/mol. The number of piperidine rings is 1. The Bertz CT molecular complexity index is 1830. The zero-order valence-corrected chi connectivity index (χ0v) is 31.6. The molecule has 0 bridgehead atoms. The summed E-state index contributed by atoms with van der Waals surface area (Å²) in [7, 11) is 3.19. The third kappa shape index (κ3) is 11.1. The molecule has 55 heavy (non-hydrogen) atoms. The lowest BCUT2D eigenvalue weighted by Gasteiger charge is -2.27. The topological polar surface area (TPSA) is 170 Å². The molecule has 0 aromatic heterocycles. The van der Waals surface area contributed by atoms with Crippen LogP contribution in [0.4, 0.5) is 0 Å². The van der Waals surface area contributed by atoms with Gasteiger partial charge in [-0.05, 0) is 79.6 Å². The maximum atomic E-state index is 13.2. The SMILES string of the molecule is COc1ccc(CCC(O)c2cccc(OCC(=O)NCCCCCCCCCCOc3cccc4c3C(=O)N(C3CCC(=O)NC3=O)C4=O)c2)cc1OC. The molecule has 2 heterocycles. The second kappa shape index (κ2) is 20.3. The van der Waals surface area contributed by atoms with Crippen LogP contribution < -0.4 is 29.6 Å². The third-order valence-electron chi connectivity index (χ3n) is 9.85. The fourth-order valence-corrected chi connectivity index (χ4v) is 6.82. The molecule has 0 spiro atoms. The summed E-state index contributed by atoms with van der Waals surface area (Å²) in [6, 6.07) is 16.7. The van der Waals surface area contributed by atoms with Crippen molar-refractivity contribution in [2.75, 3.05) is 34.0 Å². The van der Waals surface area contributed by atoms with Crippen molar-refractivity contribution in [3.63, 3.8) is 0 Å². The molecule has 3 aromatic carbocycles. The zero-order valence-electron chi connectivity index (χ0n) is 31.6. The number of imide groups is 2. The molecule has 2 atom stereocenters. The number of unbranched alkanes of at least 4 members (excludes halogenated alkanes) is 7. The van der Waals surface area contributed by atoms with Gasteiger partial charge < -0.3 is 29.4 Å². The minimum absolute atomic E-state index is 0.0679. The van der Waals surface area contributed by atoms with E-state index in [0.29, 0.717) is 49.0 Å². The number of nitrogens with zero attached hydrogens (tertiary/aromatic N) is 1. The van der Waals surface area contributed by atoms with Gasteiger partial charge in [0.15, 0.2) is 18.1 Å². The molecule has 13 heteroatoms. The Balaban J connectivity index is 0.891. The van der Waals surface area contributed by atoms with Crippen LogP contribution in [0.2, 0.25) is 0 Å². The van der Waals surface area contributed by atoms with Crippen LogP contribution in [0.5, 0.6) is 23.0 Å². The van der Waals surface area contributed by atoms with Crippen LogP contribution in [0.15, 0.2) is 60.7 Å². The van der Waals surface area contributed by atoms with Crippen molar-refractivity contribution in [1.29, 1.82) is 0 Å². The van der Waals surface area contributed by atoms with Crippen LogP contribution in [0, 0.1) is 0 Å². The highest BCUT2D eigenvalue weighted by Crippen LogP contribution is 2.34. The first-order chi connectivity index (χ1) is 26.7. The maximum absolute atomic E-state index is 13.2. The molecule has 0 aliphatic carbocycles. The number of carbonyl (C=O) groups excluding carboxylic acids is 5. The molecule has 1 saturated heterocycles. The fraction of sp³-hybridized carbons (Fsp3) is 0.452. The number of carbonyl (C=O) groups is 5. The number of benzene rings is 3. The zero-order chi connectivity index (χ0) is 39.2. The molecule has 2 aliphatic heterocycles. The standard InChI is InChI=1S/C42H51N3O10/c1-52-34-21-18-28(25-36(34)53-2)17-20-33(46)29-13-11-14-30(26-29)55-27-38(48)43-23-9-7-5-3-4-6-8-10-24-54-35-16-12-15-31-39(35)42(51)45(41(31)50)32-19-22-37(47)44-40(32)49/h11-16,18,21,25-26,32-33,46H,3-10,17,19-20,22-24,27H2,1-2H3,(H,43,48)(H,44,47,49). The molecule has 294 valence electrons. The van der Waals surface area contributed by atoms with Gasteiger partial charge in [0.05, 0.1) is 38.1 Å². The Morgan fingerprint density at radius 1 is 0.836 bits per heavy atom. The molecule has 3 aromatic rings. The molecule has 5 rings (SSSR count). The normalized spacial score (nSPS) is 15.7. The molecule has 0 radical (unpaired) electrons. The number of amides is 5. The summed E-state index contributed by atoms with van der Waals surface area (Å²) in [5.41, 5.74) is 2.12. The van der Waals surface area contributed by atoms with E-state index in [9.17, 15) is 29.1 Å². The molecular weight excluding hydrogens is 706 g/mol. The number of aliphatic hydroxyl groups excluding tert-OH is 1. The second-order valence-electron chi connectivity index (χ2n) is 13.8. The highest BCUT2D eigenvalue weighted by molar-refractivity contribution is 6.24. The van der Waals surface area contributed by atoms with E-state index in [4.69, 9.17) is 18.9 Å². The van der Waals surface area contributed by atoms with Crippen molar-refractivity contribution in [2.24, 2.45) is 0 Å². The number of aryl methyl sites for hydroxylation is 1. The monoisotopic (exact) mass is 757 g/mol. The second-order valence-corrected chi connectivity index (χ2v) is 13.8. The molecule has 2 unspecified atom stereocenters. The van der Waals surface area contributed by atoms with Crippen LogP contribution in [0.1, 0.15) is 109 Å². The van der Waals surface area contributed by atoms with Gasteiger partial charge in [0, 0.05) is 13.0 Å². The van der Waals surface area contributed by atoms with Crippen molar-refractivity contribution >= 4 is 29.5 Å². The largest absolute Gasteiger partial charge is 0.493 e. The van der Waals surface area contributed by atoms with Gasteiger partial charge in [0.1, 0.15) is 17.5 Å². The van der Waals surface area contributed by atoms with E-state index in [1.54, 1.807) is 50.6 Å². The van der Waals surface area contributed by atoms with Crippen molar-refractivity contribution in [3.8, 4) is 23.0 Å². The van der Waals surface area contributed by atoms with E-state index < -0.39 is 35.8 Å². The van der Waals surface area contributed by atoms with Gasteiger partial charge in [-0.3, -0.25) is 34.2 Å². The lowest BCUT2D eigenvalue weighted by molar-refractivity contribution is -0.136. The highest BCUT2D eigenvalue weighted by atomic mass is 16.5. The van der Waals surface area contributed by atoms with Crippen molar-refractivity contribution in [3.05, 3.63) is 82.9 Å². The molecule has 13 nitrogen and oxygen atoms in total. The highest BCUT2D eigenvalue weighted by Gasteiger charge is 2.46. The minimum atomic E-state index is -1.01. The summed E-state index contributed by atoms with van der Waals surface area (Å²) >= 11 is 0. The van der Waals surface area contributed by atoms with Gasteiger partial charge in [-0.2, -0.15) is 0 Å². The van der Waals surface area contributed by atoms with Crippen molar-refractivity contribution in [1.82, 2.24) is 15.5 Å². The van der Waals surface area contributed by atoms with E-state index >= 15 is 0 Å². The quantitative estimate of drug-likeness (QED) is 0.0883. The van der Waals surface area contributed by atoms with Crippen LogP contribution in [0.3, 0.4) is 0 Å². The van der Waals surface area contributed by atoms with Gasteiger partial charge in [0.2, 0.25) is 11.8 Å². The summed E-state index contributed by atoms with van der Waals surface area (Å²) in [6.45, 7) is 0.878. The van der Waals surface area contributed by atoms with E-state index in [1.807, 2.05) is 24.3 Å². The number of hydrogen-bond acceptors (Lipinski definition) is 10. The Morgan fingerprint density at radius 3 is 2.31 bits per heavy atom. The summed E-state index contributed by atoms with van der Waals surface area (Å²) in [5, 5.41) is 15.9. The van der Waals surface area contributed by atoms with Gasteiger partial charge in [0.25, 0.3) is 17.7 Å². The van der Waals surface area contributed by atoms with Crippen molar-refractivity contribution in [2.45, 2.75) is 89.2 Å². The predicted molar refractivity (Wildman–Crippen MR) is 203 cm³/mol. The first kappa shape index (κ1) is 40.7. The number of nitrogens with one attached hydrogen (secondary N) is 2.